The highest BCUT2D eigenvalue weighted by Crippen LogP contribution is 2.33. The van der Waals surface area contributed by atoms with Crippen molar-refractivity contribution in [1.29, 1.82) is 5.41 Å². The molecule has 0 saturated heterocycles. The molecule has 2 N–H and O–H groups in total. The van der Waals surface area contributed by atoms with Crippen LogP contribution in [0.1, 0.15) is 45.0 Å². The van der Waals surface area contributed by atoms with Crippen LogP contribution in [0.25, 0.3) is 16.8 Å². The van der Waals surface area contributed by atoms with Gasteiger partial charge in [-0.05, 0) is 19.3 Å². The molecule has 1 atom stereocenters. The Hall–Kier alpha value is -2.14. The third-order valence-corrected chi connectivity index (χ3v) is 5.72. The van der Waals surface area contributed by atoms with Crippen molar-refractivity contribution < 1.29 is 5.11 Å². The zero-order chi connectivity index (χ0) is 18.7. The van der Waals surface area contributed by atoms with Crippen LogP contribution >= 0.6 is 11.3 Å². The summed E-state index contributed by atoms with van der Waals surface area (Å²) in [5, 5.41) is 21.8. The largest absolute Gasteiger partial charge is 0.510 e. The van der Waals surface area contributed by atoms with Crippen molar-refractivity contribution in [3.05, 3.63) is 46.5 Å². The maximum Gasteiger partial charge on any atom is 0.135 e. The van der Waals surface area contributed by atoms with Crippen LogP contribution in [0.3, 0.4) is 0 Å². The summed E-state index contributed by atoms with van der Waals surface area (Å²) < 4.78 is 0. The van der Waals surface area contributed by atoms with Gasteiger partial charge in [0.15, 0.2) is 0 Å². The number of hydrogen-bond acceptors (Lipinski definition) is 4. The van der Waals surface area contributed by atoms with E-state index in [4.69, 9.17) is 5.41 Å². The van der Waals surface area contributed by atoms with E-state index in [2.05, 4.69) is 25.8 Å². The van der Waals surface area contributed by atoms with Crippen molar-refractivity contribution in [2.24, 2.45) is 5.92 Å². The SMILES string of the molecule is CC(C)CCC[C@@H](C)N1CC(O)=C(c2nc(-c3ccccc3)cs2)C1=N. The molecule has 1 aliphatic heterocycles. The lowest BCUT2D eigenvalue weighted by molar-refractivity contribution is 0.289. The summed E-state index contributed by atoms with van der Waals surface area (Å²) in [6, 6.07) is 10.3. The zero-order valence-electron chi connectivity index (χ0n) is 15.7. The molecule has 0 unspecified atom stereocenters. The van der Waals surface area contributed by atoms with Crippen LogP contribution in [0.5, 0.6) is 0 Å². The first-order valence-electron chi connectivity index (χ1n) is 9.26. The fourth-order valence-corrected chi connectivity index (χ4v) is 4.20. The molecule has 1 aromatic heterocycles. The average molecular weight is 370 g/mol. The van der Waals surface area contributed by atoms with Crippen LogP contribution < -0.4 is 0 Å². The van der Waals surface area contributed by atoms with E-state index < -0.39 is 0 Å². The number of aliphatic hydroxyl groups excluding tert-OH is 1. The van der Waals surface area contributed by atoms with Crippen molar-refractivity contribution in [3.8, 4) is 11.3 Å². The van der Waals surface area contributed by atoms with Gasteiger partial charge in [-0.3, -0.25) is 5.41 Å². The van der Waals surface area contributed by atoms with E-state index in [1.807, 2.05) is 40.6 Å². The summed E-state index contributed by atoms with van der Waals surface area (Å²) in [7, 11) is 0. The van der Waals surface area contributed by atoms with Crippen LogP contribution in [-0.4, -0.2) is 33.4 Å². The Bertz CT molecular complexity index is 795. The second-order valence-electron chi connectivity index (χ2n) is 7.38. The number of nitrogens with zero attached hydrogens (tertiary/aromatic N) is 2. The van der Waals surface area contributed by atoms with E-state index in [0.29, 0.717) is 23.9 Å². The predicted octanol–water partition coefficient (Wildman–Crippen LogP) is 5.59. The van der Waals surface area contributed by atoms with Crippen LogP contribution in [-0.2, 0) is 0 Å². The molecule has 26 heavy (non-hydrogen) atoms. The van der Waals surface area contributed by atoms with E-state index in [1.54, 1.807) is 0 Å². The van der Waals surface area contributed by atoms with E-state index >= 15 is 0 Å². The summed E-state index contributed by atoms with van der Waals surface area (Å²) in [6.07, 6.45) is 3.38. The van der Waals surface area contributed by atoms with Crippen LogP contribution in [0.15, 0.2) is 41.5 Å². The molecule has 0 amide bonds. The summed E-state index contributed by atoms with van der Waals surface area (Å²) in [5.74, 6) is 1.36. The number of thiazole rings is 1. The van der Waals surface area contributed by atoms with E-state index in [0.717, 1.165) is 29.1 Å². The molecule has 138 valence electrons. The smallest absolute Gasteiger partial charge is 0.135 e. The Balaban J connectivity index is 1.72. The molecule has 5 heteroatoms. The third kappa shape index (κ3) is 3.98. The van der Waals surface area contributed by atoms with Gasteiger partial charge in [-0.15, -0.1) is 11.3 Å². The van der Waals surface area contributed by atoms with Crippen molar-refractivity contribution in [2.45, 2.75) is 46.1 Å². The first-order chi connectivity index (χ1) is 12.5. The topological polar surface area (TPSA) is 60.2 Å². The fourth-order valence-electron chi connectivity index (χ4n) is 3.31. The van der Waals surface area contributed by atoms with Gasteiger partial charge in [0, 0.05) is 17.0 Å². The normalized spacial score (nSPS) is 16.0. The second kappa shape index (κ2) is 8.04. The molecule has 0 saturated carbocycles. The van der Waals surface area contributed by atoms with Gasteiger partial charge in [0.2, 0.25) is 0 Å². The molecule has 3 rings (SSSR count). The molecule has 1 aromatic carbocycles. The first kappa shape index (κ1) is 18.6. The van der Waals surface area contributed by atoms with E-state index in [9.17, 15) is 5.11 Å². The lowest BCUT2D eigenvalue weighted by Gasteiger charge is -2.26. The number of hydrogen-bond donors (Lipinski definition) is 2. The molecule has 0 radical (unpaired) electrons. The summed E-state index contributed by atoms with van der Waals surface area (Å²) in [4.78, 5) is 6.67. The average Bonchev–Trinajstić information content (AvgIpc) is 3.20. The van der Waals surface area contributed by atoms with Gasteiger partial charge < -0.3 is 10.0 Å². The highest BCUT2D eigenvalue weighted by molar-refractivity contribution is 7.11. The van der Waals surface area contributed by atoms with Crippen LogP contribution in [0.4, 0.5) is 0 Å². The lowest BCUT2D eigenvalue weighted by Crippen LogP contribution is -2.35. The van der Waals surface area contributed by atoms with E-state index in [-0.39, 0.29) is 11.8 Å². The zero-order valence-corrected chi connectivity index (χ0v) is 16.5. The summed E-state index contributed by atoms with van der Waals surface area (Å²) in [6.45, 7) is 7.03. The van der Waals surface area contributed by atoms with Crippen LogP contribution in [0.2, 0.25) is 0 Å². The van der Waals surface area contributed by atoms with Crippen LogP contribution in [0, 0.1) is 11.3 Å². The maximum atomic E-state index is 10.5. The van der Waals surface area contributed by atoms with Gasteiger partial charge >= 0.3 is 0 Å². The fraction of sp³-hybridized carbons (Fsp3) is 0.429. The first-order valence-corrected chi connectivity index (χ1v) is 10.1. The molecule has 2 heterocycles. The Labute approximate surface area is 159 Å². The predicted molar refractivity (Wildman–Crippen MR) is 110 cm³/mol. The quantitative estimate of drug-likeness (QED) is 0.669. The Morgan fingerprint density at radius 1 is 1.19 bits per heavy atom. The molecule has 0 aliphatic carbocycles. The molecule has 1 aliphatic rings. The van der Waals surface area contributed by atoms with Crippen molar-refractivity contribution in [1.82, 2.24) is 9.88 Å². The summed E-state index contributed by atoms with van der Waals surface area (Å²) >= 11 is 1.49. The van der Waals surface area contributed by atoms with E-state index in [1.165, 1.54) is 17.8 Å². The molecular formula is C21H27N3OS. The Morgan fingerprint density at radius 3 is 2.62 bits per heavy atom. The third-order valence-electron chi connectivity index (χ3n) is 4.86. The number of aliphatic hydroxyl groups is 1. The highest BCUT2D eigenvalue weighted by atomic mass is 32.1. The number of rotatable bonds is 7. The van der Waals surface area contributed by atoms with Gasteiger partial charge in [-0.1, -0.05) is 57.0 Å². The van der Waals surface area contributed by atoms with Gasteiger partial charge in [0.05, 0.1) is 17.8 Å². The lowest BCUT2D eigenvalue weighted by atomic mass is 10.0. The minimum Gasteiger partial charge on any atom is -0.510 e. The minimum absolute atomic E-state index is 0.245. The van der Waals surface area contributed by atoms with Crippen molar-refractivity contribution >= 4 is 22.7 Å². The van der Waals surface area contributed by atoms with Gasteiger partial charge in [0.1, 0.15) is 16.6 Å². The molecule has 0 bridgehead atoms. The minimum atomic E-state index is 0.245. The van der Waals surface area contributed by atoms with Crippen molar-refractivity contribution in [3.63, 3.8) is 0 Å². The second-order valence-corrected chi connectivity index (χ2v) is 8.23. The number of amidine groups is 1. The molecule has 2 aromatic rings. The molecule has 0 fully saturated rings. The number of benzene rings is 1. The standard InChI is InChI=1S/C21H27N3OS/c1-14(2)8-7-9-15(3)24-12-18(25)19(20(24)22)21-23-17(13-26-21)16-10-5-4-6-11-16/h4-6,10-11,13-15,22,25H,7-9,12H2,1-3H3/t15-/m1/s1. The highest BCUT2D eigenvalue weighted by Gasteiger charge is 2.32. The van der Waals surface area contributed by atoms with Gasteiger partial charge in [-0.2, -0.15) is 0 Å². The van der Waals surface area contributed by atoms with Gasteiger partial charge in [-0.25, -0.2) is 4.98 Å². The summed E-state index contributed by atoms with van der Waals surface area (Å²) in [5.41, 5.74) is 2.54. The Kier molecular flexibility index (Phi) is 5.77. The molecular weight excluding hydrogens is 342 g/mol. The van der Waals surface area contributed by atoms with Gasteiger partial charge in [0.25, 0.3) is 0 Å². The monoisotopic (exact) mass is 369 g/mol. The number of nitrogens with one attached hydrogen (secondary N) is 1. The number of aromatic nitrogens is 1. The molecule has 4 nitrogen and oxygen atoms in total. The maximum absolute atomic E-state index is 10.5. The van der Waals surface area contributed by atoms with Crippen molar-refractivity contribution in [2.75, 3.05) is 6.54 Å². The Morgan fingerprint density at radius 2 is 1.92 bits per heavy atom. The molecule has 0 spiro atoms.